The maximum absolute atomic E-state index is 8.99. The minimum absolute atomic E-state index is 0.0685. The zero-order valence-electron chi connectivity index (χ0n) is 10.0. The molecule has 2 unspecified atom stereocenters. The van der Waals surface area contributed by atoms with Gasteiger partial charge in [-0.25, -0.2) is 0 Å². The fraction of sp³-hybridized carbons (Fsp3) is 0.583. The Hall–Kier alpha value is -0.970. The molecular weight excluding hydrogens is 202 g/mol. The highest BCUT2D eigenvalue weighted by Crippen LogP contribution is 2.22. The fourth-order valence-electron chi connectivity index (χ4n) is 1.91. The van der Waals surface area contributed by atoms with Crippen molar-refractivity contribution in [1.82, 2.24) is 9.88 Å². The van der Waals surface area contributed by atoms with Gasteiger partial charge in [0.05, 0.1) is 6.61 Å². The Kier molecular flexibility index (Phi) is 5.38. The van der Waals surface area contributed by atoms with E-state index in [-0.39, 0.29) is 18.7 Å². The molecule has 2 atom stereocenters. The number of aliphatic hydroxyl groups excluding tert-OH is 1. The molecule has 0 aliphatic carbocycles. The molecule has 4 heteroatoms. The summed E-state index contributed by atoms with van der Waals surface area (Å²) >= 11 is 0. The molecule has 0 aromatic carbocycles. The summed E-state index contributed by atoms with van der Waals surface area (Å²) in [6.07, 6.45) is 4.46. The monoisotopic (exact) mass is 223 g/mol. The first kappa shape index (κ1) is 13.1. The van der Waals surface area contributed by atoms with Gasteiger partial charge in [-0.05, 0) is 31.2 Å². The molecule has 3 N–H and O–H groups in total. The van der Waals surface area contributed by atoms with Crippen molar-refractivity contribution in [2.75, 3.05) is 20.2 Å². The maximum atomic E-state index is 8.99. The van der Waals surface area contributed by atoms with Crippen LogP contribution in [-0.2, 0) is 0 Å². The molecule has 1 rings (SSSR count). The third-order valence-electron chi connectivity index (χ3n) is 2.85. The van der Waals surface area contributed by atoms with Gasteiger partial charge < -0.3 is 10.8 Å². The lowest BCUT2D eigenvalue weighted by molar-refractivity contribution is 0.161. The van der Waals surface area contributed by atoms with Crippen LogP contribution < -0.4 is 5.73 Å². The van der Waals surface area contributed by atoms with Crippen molar-refractivity contribution in [3.63, 3.8) is 0 Å². The van der Waals surface area contributed by atoms with Gasteiger partial charge in [-0.2, -0.15) is 0 Å². The summed E-state index contributed by atoms with van der Waals surface area (Å²) in [7, 11) is 1.98. The van der Waals surface area contributed by atoms with E-state index in [9.17, 15) is 0 Å². The van der Waals surface area contributed by atoms with Gasteiger partial charge in [-0.3, -0.25) is 9.88 Å². The Balaban J connectivity index is 2.87. The van der Waals surface area contributed by atoms with Crippen LogP contribution in [0.5, 0.6) is 0 Å². The topological polar surface area (TPSA) is 62.4 Å². The highest BCUT2D eigenvalue weighted by atomic mass is 16.3. The second kappa shape index (κ2) is 6.58. The highest BCUT2D eigenvalue weighted by molar-refractivity contribution is 5.17. The Morgan fingerprint density at radius 3 is 2.56 bits per heavy atom. The van der Waals surface area contributed by atoms with Crippen LogP contribution in [0.25, 0.3) is 0 Å². The molecule has 1 aromatic heterocycles. The van der Waals surface area contributed by atoms with Gasteiger partial charge in [-0.1, -0.05) is 6.92 Å². The lowest BCUT2D eigenvalue weighted by Crippen LogP contribution is -2.40. The molecule has 0 aliphatic rings. The van der Waals surface area contributed by atoms with Crippen LogP contribution in [0.3, 0.4) is 0 Å². The van der Waals surface area contributed by atoms with E-state index in [1.807, 2.05) is 19.2 Å². The third kappa shape index (κ3) is 3.27. The Labute approximate surface area is 97.1 Å². The van der Waals surface area contributed by atoms with Gasteiger partial charge in [0.15, 0.2) is 0 Å². The van der Waals surface area contributed by atoms with Crippen LogP contribution in [0.4, 0.5) is 0 Å². The highest BCUT2D eigenvalue weighted by Gasteiger charge is 2.22. The van der Waals surface area contributed by atoms with Crippen LogP contribution >= 0.6 is 0 Å². The fourth-order valence-corrected chi connectivity index (χ4v) is 1.91. The SMILES string of the molecule is CCC(N)C(c1ccncc1)N(C)CCO. The largest absolute Gasteiger partial charge is 0.395 e. The normalized spacial score (nSPS) is 15.1. The first-order chi connectivity index (χ1) is 7.70. The van der Waals surface area contributed by atoms with E-state index in [1.165, 1.54) is 0 Å². The lowest BCUT2D eigenvalue weighted by Gasteiger charge is -2.32. The Morgan fingerprint density at radius 1 is 1.44 bits per heavy atom. The van der Waals surface area contributed by atoms with Crippen LogP contribution in [0.1, 0.15) is 24.9 Å². The molecule has 0 aliphatic heterocycles. The second-order valence-corrected chi connectivity index (χ2v) is 4.00. The molecule has 0 spiro atoms. The van der Waals surface area contributed by atoms with E-state index < -0.39 is 0 Å². The van der Waals surface area contributed by atoms with Crippen molar-refractivity contribution in [2.45, 2.75) is 25.4 Å². The maximum Gasteiger partial charge on any atom is 0.0558 e. The molecule has 0 bridgehead atoms. The van der Waals surface area contributed by atoms with Crippen molar-refractivity contribution in [1.29, 1.82) is 0 Å². The number of pyridine rings is 1. The molecule has 90 valence electrons. The lowest BCUT2D eigenvalue weighted by atomic mass is 9.97. The number of likely N-dealkylation sites (N-methyl/N-ethyl adjacent to an activating group) is 1. The molecule has 0 saturated carbocycles. The summed E-state index contributed by atoms with van der Waals surface area (Å²) in [5.41, 5.74) is 7.29. The number of hydrogen-bond acceptors (Lipinski definition) is 4. The summed E-state index contributed by atoms with van der Waals surface area (Å²) in [6, 6.07) is 4.17. The Bertz CT molecular complexity index is 292. The van der Waals surface area contributed by atoms with E-state index in [2.05, 4.69) is 16.8 Å². The molecular formula is C12H21N3O. The predicted octanol–water partition coefficient (Wildman–Crippen LogP) is 0.784. The van der Waals surface area contributed by atoms with Crippen LogP contribution in [0.2, 0.25) is 0 Å². The number of aliphatic hydroxyl groups is 1. The quantitative estimate of drug-likeness (QED) is 0.748. The molecule has 1 aromatic rings. The molecule has 4 nitrogen and oxygen atoms in total. The van der Waals surface area contributed by atoms with Gasteiger partial charge in [0.25, 0.3) is 0 Å². The van der Waals surface area contributed by atoms with Gasteiger partial charge in [0, 0.05) is 31.0 Å². The smallest absolute Gasteiger partial charge is 0.0558 e. The first-order valence-electron chi connectivity index (χ1n) is 5.67. The van der Waals surface area contributed by atoms with E-state index in [1.54, 1.807) is 12.4 Å². The predicted molar refractivity (Wildman–Crippen MR) is 65.0 cm³/mol. The summed E-state index contributed by atoms with van der Waals surface area (Å²) < 4.78 is 0. The van der Waals surface area contributed by atoms with Gasteiger partial charge in [0.1, 0.15) is 0 Å². The van der Waals surface area contributed by atoms with E-state index in [0.29, 0.717) is 6.54 Å². The van der Waals surface area contributed by atoms with Crippen molar-refractivity contribution in [3.05, 3.63) is 30.1 Å². The van der Waals surface area contributed by atoms with Crippen molar-refractivity contribution >= 4 is 0 Å². The molecule has 0 saturated heterocycles. The van der Waals surface area contributed by atoms with Crippen LogP contribution in [-0.4, -0.2) is 41.2 Å². The average Bonchev–Trinajstić information content (AvgIpc) is 2.31. The van der Waals surface area contributed by atoms with E-state index in [0.717, 1.165) is 12.0 Å². The number of aromatic nitrogens is 1. The number of hydrogen-bond donors (Lipinski definition) is 2. The number of nitrogens with zero attached hydrogens (tertiary/aromatic N) is 2. The van der Waals surface area contributed by atoms with Gasteiger partial charge in [-0.15, -0.1) is 0 Å². The molecule has 16 heavy (non-hydrogen) atoms. The number of rotatable bonds is 6. The van der Waals surface area contributed by atoms with Crippen molar-refractivity contribution in [3.8, 4) is 0 Å². The Morgan fingerprint density at radius 2 is 2.06 bits per heavy atom. The van der Waals surface area contributed by atoms with Crippen molar-refractivity contribution < 1.29 is 5.11 Å². The minimum Gasteiger partial charge on any atom is -0.395 e. The van der Waals surface area contributed by atoms with Gasteiger partial charge >= 0.3 is 0 Å². The third-order valence-corrected chi connectivity index (χ3v) is 2.85. The zero-order valence-corrected chi connectivity index (χ0v) is 10.0. The average molecular weight is 223 g/mol. The summed E-state index contributed by atoms with van der Waals surface area (Å²) in [5, 5.41) is 8.99. The number of nitrogens with two attached hydrogens (primary N) is 1. The summed E-state index contributed by atoms with van der Waals surface area (Å²) in [6.45, 7) is 2.85. The van der Waals surface area contributed by atoms with Crippen molar-refractivity contribution in [2.24, 2.45) is 5.73 Å². The van der Waals surface area contributed by atoms with Crippen LogP contribution in [0, 0.1) is 0 Å². The minimum atomic E-state index is 0.0685. The molecule has 0 fully saturated rings. The molecule has 1 heterocycles. The summed E-state index contributed by atoms with van der Waals surface area (Å²) in [4.78, 5) is 6.10. The zero-order chi connectivity index (χ0) is 12.0. The van der Waals surface area contributed by atoms with Gasteiger partial charge in [0.2, 0.25) is 0 Å². The second-order valence-electron chi connectivity index (χ2n) is 4.00. The molecule has 0 amide bonds. The van der Waals surface area contributed by atoms with Crippen LogP contribution in [0.15, 0.2) is 24.5 Å². The first-order valence-corrected chi connectivity index (χ1v) is 5.67. The van der Waals surface area contributed by atoms with E-state index in [4.69, 9.17) is 10.8 Å². The summed E-state index contributed by atoms with van der Waals surface area (Å²) in [5.74, 6) is 0. The van der Waals surface area contributed by atoms with E-state index >= 15 is 0 Å². The standard InChI is InChI=1S/C12H21N3O/c1-3-11(13)12(15(2)8-9-16)10-4-6-14-7-5-10/h4-7,11-12,16H,3,8-9,13H2,1-2H3. The molecule has 0 radical (unpaired) electrons.